The van der Waals surface area contributed by atoms with Crippen molar-refractivity contribution in [1.82, 2.24) is 0 Å². The summed E-state index contributed by atoms with van der Waals surface area (Å²) >= 11 is 0. The number of hydrogen-bond donors (Lipinski definition) is 2. The molecule has 2 N–H and O–H groups in total. The lowest BCUT2D eigenvalue weighted by molar-refractivity contribution is -0.118. The average Bonchev–Trinajstić information content (AvgIpc) is 2.88. The summed E-state index contributed by atoms with van der Waals surface area (Å²) in [4.78, 5) is 25.1. The number of benzene rings is 4. The van der Waals surface area contributed by atoms with E-state index in [2.05, 4.69) is 10.6 Å². The Morgan fingerprint density at radius 3 is 2.00 bits per heavy atom. The van der Waals surface area contributed by atoms with E-state index in [1.54, 1.807) is 36.4 Å². The van der Waals surface area contributed by atoms with Crippen LogP contribution in [0.4, 0.5) is 11.4 Å². The Morgan fingerprint density at radius 1 is 0.706 bits per heavy atom. The van der Waals surface area contributed by atoms with Crippen LogP contribution in [0.3, 0.4) is 0 Å². The van der Waals surface area contributed by atoms with Crippen LogP contribution in [0.15, 0.2) is 84.9 Å². The molecule has 4 aromatic rings. The summed E-state index contributed by atoms with van der Waals surface area (Å²) in [5, 5.41) is 7.71. The molecular weight excluding hydrogens is 432 g/mol. The molecule has 0 heterocycles. The second kappa shape index (κ2) is 10.4. The lowest BCUT2D eigenvalue weighted by Gasteiger charge is -2.16. The molecule has 2 amide bonds. The maximum Gasteiger partial charge on any atom is 0.262 e. The van der Waals surface area contributed by atoms with Crippen LogP contribution in [-0.2, 0) is 4.79 Å². The van der Waals surface area contributed by atoms with Gasteiger partial charge in [0.15, 0.2) is 6.61 Å². The SMILES string of the molecule is COc1cc(NC(=O)c2ccccc2)c(OC)cc1NC(=O)COc1ccc2ccccc2c1. The third-order valence-electron chi connectivity index (χ3n) is 5.17. The Hall–Kier alpha value is -4.52. The van der Waals surface area contributed by atoms with Gasteiger partial charge in [-0.2, -0.15) is 0 Å². The van der Waals surface area contributed by atoms with Gasteiger partial charge in [0.05, 0.1) is 25.6 Å². The van der Waals surface area contributed by atoms with E-state index >= 15 is 0 Å². The summed E-state index contributed by atoms with van der Waals surface area (Å²) in [5.41, 5.74) is 1.31. The Balaban J connectivity index is 1.46. The van der Waals surface area contributed by atoms with Crippen molar-refractivity contribution >= 4 is 34.0 Å². The summed E-state index contributed by atoms with van der Waals surface area (Å²) in [6, 6.07) is 25.6. The highest BCUT2D eigenvalue weighted by Crippen LogP contribution is 2.36. The van der Waals surface area contributed by atoms with Gasteiger partial charge in [-0.15, -0.1) is 0 Å². The zero-order chi connectivity index (χ0) is 23.9. The molecule has 7 nitrogen and oxygen atoms in total. The molecule has 0 saturated heterocycles. The molecule has 172 valence electrons. The standard InChI is InChI=1S/C27H24N2O5/c1-32-24-16-23(29-27(31)19-9-4-3-5-10-19)25(33-2)15-22(24)28-26(30)17-34-21-13-12-18-8-6-7-11-20(18)14-21/h3-16H,17H2,1-2H3,(H,28,30)(H,29,31). The Bertz CT molecular complexity index is 1320. The van der Waals surface area contributed by atoms with E-state index in [-0.39, 0.29) is 18.4 Å². The number of carbonyl (C=O) groups is 2. The van der Waals surface area contributed by atoms with Crippen LogP contribution < -0.4 is 24.8 Å². The van der Waals surface area contributed by atoms with E-state index < -0.39 is 0 Å². The van der Waals surface area contributed by atoms with Gasteiger partial charge in [0.2, 0.25) is 0 Å². The molecule has 0 aromatic heterocycles. The zero-order valence-electron chi connectivity index (χ0n) is 18.8. The molecule has 4 aromatic carbocycles. The maximum atomic E-state index is 12.6. The monoisotopic (exact) mass is 456 g/mol. The number of nitrogens with one attached hydrogen (secondary N) is 2. The van der Waals surface area contributed by atoms with Crippen LogP contribution >= 0.6 is 0 Å². The van der Waals surface area contributed by atoms with Crippen LogP contribution in [0.25, 0.3) is 10.8 Å². The normalized spacial score (nSPS) is 10.4. The summed E-state index contributed by atoms with van der Waals surface area (Å²) in [6.07, 6.45) is 0. The third-order valence-corrected chi connectivity index (χ3v) is 5.17. The summed E-state index contributed by atoms with van der Waals surface area (Å²) in [5.74, 6) is 0.674. The van der Waals surface area contributed by atoms with Gasteiger partial charge < -0.3 is 24.8 Å². The molecule has 34 heavy (non-hydrogen) atoms. The highest BCUT2D eigenvalue weighted by atomic mass is 16.5. The quantitative estimate of drug-likeness (QED) is 0.384. The first kappa shape index (κ1) is 22.7. The second-order valence-electron chi connectivity index (χ2n) is 7.42. The molecule has 0 bridgehead atoms. The number of amides is 2. The number of hydrogen-bond acceptors (Lipinski definition) is 5. The fraction of sp³-hybridized carbons (Fsp3) is 0.111. The number of methoxy groups -OCH3 is 2. The molecule has 0 fully saturated rings. The molecule has 0 unspecified atom stereocenters. The Labute approximate surface area is 197 Å². The van der Waals surface area contributed by atoms with E-state index in [9.17, 15) is 9.59 Å². The van der Waals surface area contributed by atoms with Gasteiger partial charge in [0.25, 0.3) is 11.8 Å². The topological polar surface area (TPSA) is 85.9 Å². The minimum absolute atomic E-state index is 0.184. The lowest BCUT2D eigenvalue weighted by Crippen LogP contribution is -2.21. The van der Waals surface area contributed by atoms with Crippen molar-refractivity contribution in [3.8, 4) is 17.2 Å². The predicted octanol–water partition coefficient (Wildman–Crippen LogP) is 5.13. The van der Waals surface area contributed by atoms with Gasteiger partial charge >= 0.3 is 0 Å². The van der Waals surface area contributed by atoms with Crippen LogP contribution in [0.5, 0.6) is 17.2 Å². The van der Waals surface area contributed by atoms with Gasteiger partial charge in [-0.3, -0.25) is 9.59 Å². The van der Waals surface area contributed by atoms with E-state index in [1.165, 1.54) is 14.2 Å². The van der Waals surface area contributed by atoms with Crippen molar-refractivity contribution in [2.24, 2.45) is 0 Å². The Kier molecular flexibility index (Phi) is 6.93. The number of ether oxygens (including phenoxy) is 3. The number of fused-ring (bicyclic) bond motifs is 1. The van der Waals surface area contributed by atoms with Crippen LogP contribution in [0, 0.1) is 0 Å². The van der Waals surface area contributed by atoms with Gasteiger partial charge in [-0.25, -0.2) is 0 Å². The first-order valence-corrected chi connectivity index (χ1v) is 10.6. The van der Waals surface area contributed by atoms with Crippen molar-refractivity contribution in [3.63, 3.8) is 0 Å². The molecule has 0 aliphatic carbocycles. The predicted molar refractivity (Wildman–Crippen MR) is 132 cm³/mol. The smallest absolute Gasteiger partial charge is 0.262 e. The first-order valence-electron chi connectivity index (χ1n) is 10.6. The number of anilines is 2. The molecule has 4 rings (SSSR count). The largest absolute Gasteiger partial charge is 0.494 e. The fourth-order valence-corrected chi connectivity index (χ4v) is 3.47. The highest BCUT2D eigenvalue weighted by Gasteiger charge is 2.16. The van der Waals surface area contributed by atoms with Crippen molar-refractivity contribution in [2.75, 3.05) is 31.5 Å². The molecule has 0 aliphatic heterocycles. The van der Waals surface area contributed by atoms with Gasteiger partial charge in [-0.05, 0) is 35.0 Å². The van der Waals surface area contributed by atoms with Crippen molar-refractivity contribution in [1.29, 1.82) is 0 Å². The summed E-state index contributed by atoms with van der Waals surface area (Å²) in [6.45, 7) is -0.184. The number of carbonyl (C=O) groups excluding carboxylic acids is 2. The molecule has 0 saturated carbocycles. The lowest BCUT2D eigenvalue weighted by atomic mass is 10.1. The minimum atomic E-state index is -0.366. The van der Waals surface area contributed by atoms with Gasteiger partial charge in [-0.1, -0.05) is 48.5 Å². The second-order valence-corrected chi connectivity index (χ2v) is 7.42. The first-order chi connectivity index (χ1) is 16.6. The van der Waals surface area contributed by atoms with Crippen molar-refractivity contribution < 1.29 is 23.8 Å². The molecular formula is C27H24N2O5. The minimum Gasteiger partial charge on any atom is -0.494 e. The maximum absolute atomic E-state index is 12.6. The molecule has 7 heteroatoms. The summed E-state index contributed by atoms with van der Waals surface area (Å²) in [7, 11) is 2.96. The third kappa shape index (κ3) is 5.27. The van der Waals surface area contributed by atoms with Crippen LogP contribution in [0.1, 0.15) is 10.4 Å². The average molecular weight is 456 g/mol. The zero-order valence-corrected chi connectivity index (χ0v) is 18.8. The fourth-order valence-electron chi connectivity index (χ4n) is 3.47. The Morgan fingerprint density at radius 2 is 1.32 bits per heavy atom. The molecule has 0 radical (unpaired) electrons. The summed E-state index contributed by atoms with van der Waals surface area (Å²) < 4.78 is 16.5. The van der Waals surface area contributed by atoms with E-state index in [4.69, 9.17) is 14.2 Å². The van der Waals surface area contributed by atoms with Gasteiger partial charge in [0, 0.05) is 17.7 Å². The molecule has 0 atom stereocenters. The van der Waals surface area contributed by atoms with Crippen LogP contribution in [-0.4, -0.2) is 32.6 Å². The molecule has 0 aliphatic rings. The van der Waals surface area contributed by atoms with Crippen molar-refractivity contribution in [2.45, 2.75) is 0 Å². The van der Waals surface area contributed by atoms with Crippen molar-refractivity contribution in [3.05, 3.63) is 90.5 Å². The van der Waals surface area contributed by atoms with Gasteiger partial charge in [0.1, 0.15) is 17.2 Å². The van der Waals surface area contributed by atoms with E-state index in [1.807, 2.05) is 48.5 Å². The van der Waals surface area contributed by atoms with Crippen LogP contribution in [0.2, 0.25) is 0 Å². The molecule has 0 spiro atoms. The highest BCUT2D eigenvalue weighted by molar-refractivity contribution is 6.05. The van der Waals surface area contributed by atoms with E-state index in [0.717, 1.165) is 10.8 Å². The number of rotatable bonds is 8. The van der Waals surface area contributed by atoms with E-state index in [0.29, 0.717) is 34.2 Å².